The van der Waals surface area contributed by atoms with Crippen LogP contribution in [0.15, 0.2) is 48.8 Å². The second-order valence-electron chi connectivity index (χ2n) is 3.77. The van der Waals surface area contributed by atoms with Crippen molar-refractivity contribution in [3.05, 3.63) is 54.4 Å². The number of nitriles is 1. The molecule has 2 heterocycles. The van der Waals surface area contributed by atoms with Crippen molar-refractivity contribution in [3.8, 4) is 23.1 Å². The standard InChI is InChI=1S/C13H8N6/c14-8-10-4-1-2-6-12(10)19-17-13(16-18-19)11-5-3-7-15-9-11/h1-7,9H. The van der Waals surface area contributed by atoms with Crippen LogP contribution in [0.3, 0.4) is 0 Å². The van der Waals surface area contributed by atoms with Crippen molar-refractivity contribution in [3.63, 3.8) is 0 Å². The number of para-hydroxylation sites is 1. The first-order chi connectivity index (χ1) is 9.38. The van der Waals surface area contributed by atoms with Gasteiger partial charge in [0.15, 0.2) is 0 Å². The molecule has 1 aromatic carbocycles. The number of benzene rings is 1. The highest BCUT2D eigenvalue weighted by molar-refractivity contribution is 5.53. The fraction of sp³-hybridized carbons (Fsp3) is 0. The summed E-state index contributed by atoms with van der Waals surface area (Å²) < 4.78 is 0. The third-order valence-corrected chi connectivity index (χ3v) is 2.57. The first kappa shape index (κ1) is 11.0. The lowest BCUT2D eigenvalue weighted by Crippen LogP contribution is -2.01. The van der Waals surface area contributed by atoms with Gasteiger partial charge in [-0.1, -0.05) is 12.1 Å². The van der Waals surface area contributed by atoms with Gasteiger partial charge in [0, 0.05) is 18.0 Å². The minimum atomic E-state index is 0.473. The van der Waals surface area contributed by atoms with Crippen LogP contribution in [0.1, 0.15) is 5.56 Å². The van der Waals surface area contributed by atoms with Crippen molar-refractivity contribution in [2.75, 3.05) is 0 Å². The summed E-state index contributed by atoms with van der Waals surface area (Å²) in [7, 11) is 0. The third kappa shape index (κ3) is 2.05. The molecule has 6 nitrogen and oxygen atoms in total. The molecular weight excluding hydrogens is 240 g/mol. The minimum absolute atomic E-state index is 0.473. The molecule has 3 aromatic rings. The lowest BCUT2D eigenvalue weighted by atomic mass is 10.2. The van der Waals surface area contributed by atoms with Crippen molar-refractivity contribution >= 4 is 0 Å². The summed E-state index contributed by atoms with van der Waals surface area (Å²) in [6, 6.07) is 12.9. The molecule has 3 rings (SSSR count). The summed E-state index contributed by atoms with van der Waals surface area (Å²) in [5.74, 6) is 0.473. The van der Waals surface area contributed by atoms with Gasteiger partial charge in [-0.25, -0.2) is 0 Å². The van der Waals surface area contributed by atoms with E-state index in [2.05, 4.69) is 26.5 Å². The molecule has 0 fully saturated rings. The number of nitrogens with zero attached hydrogens (tertiary/aromatic N) is 6. The molecule has 0 radical (unpaired) electrons. The molecule has 0 aliphatic heterocycles. The van der Waals surface area contributed by atoms with Crippen molar-refractivity contribution in [2.24, 2.45) is 0 Å². The maximum Gasteiger partial charge on any atom is 0.206 e. The van der Waals surface area contributed by atoms with Gasteiger partial charge in [0.05, 0.1) is 5.56 Å². The zero-order valence-electron chi connectivity index (χ0n) is 9.80. The Morgan fingerprint density at radius 1 is 1.11 bits per heavy atom. The third-order valence-electron chi connectivity index (χ3n) is 2.57. The van der Waals surface area contributed by atoms with Crippen LogP contribution in [-0.4, -0.2) is 25.2 Å². The van der Waals surface area contributed by atoms with E-state index in [4.69, 9.17) is 5.26 Å². The lowest BCUT2D eigenvalue weighted by Gasteiger charge is -1.99. The normalized spacial score (nSPS) is 10.1. The van der Waals surface area contributed by atoms with Gasteiger partial charge in [0.25, 0.3) is 0 Å². The van der Waals surface area contributed by atoms with Crippen molar-refractivity contribution in [2.45, 2.75) is 0 Å². The van der Waals surface area contributed by atoms with Crippen LogP contribution in [-0.2, 0) is 0 Å². The zero-order chi connectivity index (χ0) is 13.1. The average Bonchev–Trinajstić information content (AvgIpc) is 2.98. The van der Waals surface area contributed by atoms with Crippen molar-refractivity contribution in [1.29, 1.82) is 5.26 Å². The Morgan fingerprint density at radius 2 is 2.00 bits per heavy atom. The molecule has 0 spiro atoms. The Morgan fingerprint density at radius 3 is 2.79 bits per heavy atom. The minimum Gasteiger partial charge on any atom is -0.264 e. The Bertz CT molecular complexity index is 741. The maximum absolute atomic E-state index is 9.05. The van der Waals surface area contributed by atoms with Crippen LogP contribution in [0, 0.1) is 11.3 Å². The second-order valence-corrected chi connectivity index (χ2v) is 3.77. The number of tetrazole rings is 1. The Balaban J connectivity index is 2.05. The van der Waals surface area contributed by atoms with Gasteiger partial charge in [-0.05, 0) is 29.5 Å². The average molecular weight is 248 g/mol. The van der Waals surface area contributed by atoms with E-state index in [1.807, 2.05) is 12.1 Å². The number of pyridine rings is 1. The van der Waals surface area contributed by atoms with Gasteiger partial charge in [-0.15, -0.1) is 15.0 Å². The van der Waals surface area contributed by atoms with Crippen molar-refractivity contribution < 1.29 is 0 Å². The molecule has 0 aliphatic carbocycles. The summed E-state index contributed by atoms with van der Waals surface area (Å²) in [4.78, 5) is 5.36. The zero-order valence-corrected chi connectivity index (χ0v) is 9.80. The van der Waals surface area contributed by atoms with Crippen LogP contribution in [0.5, 0.6) is 0 Å². The fourth-order valence-corrected chi connectivity index (χ4v) is 1.67. The predicted octanol–water partition coefficient (Wildman–Crippen LogP) is 1.60. The van der Waals surface area contributed by atoms with E-state index in [1.54, 1.807) is 36.7 Å². The van der Waals surface area contributed by atoms with E-state index in [0.717, 1.165) is 5.56 Å². The molecule has 19 heavy (non-hydrogen) atoms. The number of rotatable bonds is 2. The molecule has 0 amide bonds. The van der Waals surface area contributed by atoms with Crippen LogP contribution in [0.2, 0.25) is 0 Å². The van der Waals surface area contributed by atoms with E-state index in [9.17, 15) is 0 Å². The Kier molecular flexibility index (Phi) is 2.71. The molecule has 0 atom stereocenters. The van der Waals surface area contributed by atoms with Crippen LogP contribution < -0.4 is 0 Å². The summed E-state index contributed by atoms with van der Waals surface area (Å²) in [5.41, 5.74) is 1.88. The van der Waals surface area contributed by atoms with Gasteiger partial charge < -0.3 is 0 Å². The summed E-state index contributed by atoms with van der Waals surface area (Å²) in [6.07, 6.45) is 3.34. The Labute approximate surface area is 109 Å². The molecule has 0 saturated heterocycles. The Hall–Kier alpha value is -3.07. The first-order valence-corrected chi connectivity index (χ1v) is 5.58. The molecule has 2 aromatic heterocycles. The number of hydrogen-bond donors (Lipinski definition) is 0. The topological polar surface area (TPSA) is 80.3 Å². The molecule has 6 heteroatoms. The molecule has 0 aliphatic rings. The molecule has 90 valence electrons. The first-order valence-electron chi connectivity index (χ1n) is 5.58. The number of aromatic nitrogens is 5. The molecule has 0 saturated carbocycles. The highest BCUT2D eigenvalue weighted by atomic mass is 15.6. The smallest absolute Gasteiger partial charge is 0.206 e. The van der Waals surface area contributed by atoms with Gasteiger partial charge in [0.2, 0.25) is 5.82 Å². The van der Waals surface area contributed by atoms with Crippen molar-refractivity contribution in [1.82, 2.24) is 25.2 Å². The van der Waals surface area contributed by atoms with E-state index in [0.29, 0.717) is 17.1 Å². The lowest BCUT2D eigenvalue weighted by molar-refractivity contribution is 0.718. The monoisotopic (exact) mass is 248 g/mol. The van der Waals surface area contributed by atoms with E-state index in [-0.39, 0.29) is 0 Å². The van der Waals surface area contributed by atoms with E-state index >= 15 is 0 Å². The number of hydrogen-bond acceptors (Lipinski definition) is 5. The SMILES string of the molecule is N#Cc1ccccc1-n1nnc(-c2cccnc2)n1. The van der Waals surface area contributed by atoms with E-state index in [1.165, 1.54) is 4.80 Å². The fourth-order valence-electron chi connectivity index (χ4n) is 1.67. The quantitative estimate of drug-likeness (QED) is 0.688. The summed E-state index contributed by atoms with van der Waals surface area (Å²) in [6.45, 7) is 0. The van der Waals surface area contributed by atoms with Crippen LogP contribution in [0.4, 0.5) is 0 Å². The van der Waals surface area contributed by atoms with E-state index < -0.39 is 0 Å². The maximum atomic E-state index is 9.05. The van der Waals surface area contributed by atoms with Crippen LogP contribution >= 0.6 is 0 Å². The largest absolute Gasteiger partial charge is 0.264 e. The van der Waals surface area contributed by atoms with Gasteiger partial charge in [-0.2, -0.15) is 5.26 Å². The molecule has 0 bridgehead atoms. The molecular formula is C13H8N6. The van der Waals surface area contributed by atoms with Gasteiger partial charge >= 0.3 is 0 Å². The summed E-state index contributed by atoms with van der Waals surface area (Å²) >= 11 is 0. The highest BCUT2D eigenvalue weighted by Gasteiger charge is 2.09. The molecule has 0 N–H and O–H groups in total. The molecule has 0 unspecified atom stereocenters. The van der Waals surface area contributed by atoms with Crippen LogP contribution in [0.25, 0.3) is 17.1 Å². The highest BCUT2D eigenvalue weighted by Crippen LogP contribution is 2.14. The van der Waals surface area contributed by atoms with Gasteiger partial charge in [-0.3, -0.25) is 4.98 Å². The summed E-state index contributed by atoms with van der Waals surface area (Å²) in [5, 5.41) is 21.3. The second kappa shape index (κ2) is 4.66. The predicted molar refractivity (Wildman–Crippen MR) is 67.1 cm³/mol. The van der Waals surface area contributed by atoms with Gasteiger partial charge in [0.1, 0.15) is 11.8 Å².